The van der Waals surface area contributed by atoms with Crippen molar-refractivity contribution in [1.82, 2.24) is 9.88 Å². The molecule has 0 bridgehead atoms. The van der Waals surface area contributed by atoms with Crippen LogP contribution in [-0.4, -0.2) is 29.4 Å². The van der Waals surface area contributed by atoms with Crippen LogP contribution < -0.4 is 5.32 Å². The summed E-state index contributed by atoms with van der Waals surface area (Å²) in [5, 5.41) is 11.9. The summed E-state index contributed by atoms with van der Waals surface area (Å²) < 4.78 is 0.996. The molecule has 0 unspecified atom stereocenters. The second-order valence-corrected chi connectivity index (χ2v) is 5.89. The van der Waals surface area contributed by atoms with Crippen molar-refractivity contribution in [1.29, 1.82) is 5.26 Å². The first kappa shape index (κ1) is 17.0. The summed E-state index contributed by atoms with van der Waals surface area (Å²) in [5.41, 5.74) is 1.42. The molecule has 0 saturated heterocycles. The van der Waals surface area contributed by atoms with Gasteiger partial charge in [0.05, 0.1) is 0 Å². The number of halogens is 1. The first-order chi connectivity index (χ1) is 11.1. The number of nitrogens with one attached hydrogen (secondary N) is 1. The van der Waals surface area contributed by atoms with E-state index in [4.69, 9.17) is 5.26 Å². The molecule has 0 aliphatic heterocycles. The second-order valence-electron chi connectivity index (χ2n) is 5.04. The highest BCUT2D eigenvalue weighted by Crippen LogP contribution is 2.17. The van der Waals surface area contributed by atoms with Gasteiger partial charge in [0.25, 0.3) is 0 Å². The van der Waals surface area contributed by atoms with E-state index >= 15 is 0 Å². The molecule has 2 rings (SSSR count). The van der Waals surface area contributed by atoms with Crippen LogP contribution in [0.2, 0.25) is 0 Å². The van der Waals surface area contributed by atoms with Gasteiger partial charge in [0.15, 0.2) is 0 Å². The standard InChI is InChI=1S/C17H17BrN4O/c1-22(12-13-5-2-3-7-15(13)18)17(23)9-10-20-16-8-4-6-14(11-19)21-16/h2-8H,9-10,12H2,1H3,(H,20,21). The largest absolute Gasteiger partial charge is 0.370 e. The summed E-state index contributed by atoms with van der Waals surface area (Å²) in [4.78, 5) is 18.0. The Hall–Kier alpha value is -2.39. The Morgan fingerprint density at radius 1 is 1.30 bits per heavy atom. The minimum atomic E-state index is 0.0460. The van der Waals surface area contributed by atoms with Gasteiger partial charge >= 0.3 is 0 Å². The van der Waals surface area contributed by atoms with E-state index < -0.39 is 0 Å². The summed E-state index contributed by atoms with van der Waals surface area (Å²) in [7, 11) is 1.79. The number of nitrogens with zero attached hydrogens (tertiary/aromatic N) is 3. The maximum Gasteiger partial charge on any atom is 0.224 e. The number of benzene rings is 1. The minimum absolute atomic E-state index is 0.0460. The number of aromatic nitrogens is 1. The molecule has 0 aliphatic rings. The molecule has 0 fully saturated rings. The van der Waals surface area contributed by atoms with E-state index in [2.05, 4.69) is 26.2 Å². The average Bonchev–Trinajstić information content (AvgIpc) is 2.57. The highest BCUT2D eigenvalue weighted by atomic mass is 79.9. The highest BCUT2D eigenvalue weighted by molar-refractivity contribution is 9.10. The average molecular weight is 373 g/mol. The number of pyridine rings is 1. The predicted octanol–water partition coefficient (Wildman–Crippen LogP) is 3.18. The SMILES string of the molecule is CN(Cc1ccccc1Br)C(=O)CCNc1cccc(C#N)n1. The van der Waals surface area contributed by atoms with Gasteiger partial charge < -0.3 is 10.2 Å². The van der Waals surface area contributed by atoms with Gasteiger partial charge in [-0.25, -0.2) is 4.98 Å². The maximum absolute atomic E-state index is 12.2. The Morgan fingerprint density at radius 2 is 2.09 bits per heavy atom. The molecule has 0 saturated carbocycles. The van der Waals surface area contributed by atoms with Crippen molar-refractivity contribution >= 4 is 27.7 Å². The summed E-state index contributed by atoms with van der Waals surface area (Å²) in [5.74, 6) is 0.648. The smallest absolute Gasteiger partial charge is 0.224 e. The molecule has 5 nitrogen and oxygen atoms in total. The Kier molecular flexibility index (Phi) is 6.12. The molecule has 0 atom stereocenters. The molecule has 2 aromatic rings. The molecular weight excluding hydrogens is 356 g/mol. The van der Waals surface area contributed by atoms with E-state index in [9.17, 15) is 4.79 Å². The first-order valence-electron chi connectivity index (χ1n) is 7.18. The predicted molar refractivity (Wildman–Crippen MR) is 92.7 cm³/mol. The van der Waals surface area contributed by atoms with Gasteiger partial charge in [0.2, 0.25) is 5.91 Å². The topological polar surface area (TPSA) is 69.0 Å². The summed E-state index contributed by atoms with van der Waals surface area (Å²) in [6.45, 7) is 1.03. The van der Waals surface area contributed by atoms with Crippen LogP contribution in [0.15, 0.2) is 46.9 Å². The number of hydrogen-bond acceptors (Lipinski definition) is 4. The van der Waals surface area contributed by atoms with E-state index in [1.165, 1.54) is 0 Å². The maximum atomic E-state index is 12.2. The zero-order valence-corrected chi connectivity index (χ0v) is 14.4. The van der Waals surface area contributed by atoms with Crippen molar-refractivity contribution in [2.45, 2.75) is 13.0 Å². The van der Waals surface area contributed by atoms with E-state index in [0.717, 1.165) is 10.0 Å². The van der Waals surface area contributed by atoms with Crippen molar-refractivity contribution in [3.05, 3.63) is 58.2 Å². The van der Waals surface area contributed by atoms with Crippen molar-refractivity contribution in [2.24, 2.45) is 0 Å². The minimum Gasteiger partial charge on any atom is -0.370 e. The number of hydrogen-bond donors (Lipinski definition) is 1. The van der Waals surface area contributed by atoms with Crippen LogP contribution >= 0.6 is 15.9 Å². The number of amides is 1. The third kappa shape index (κ3) is 5.08. The molecule has 1 aromatic carbocycles. The van der Waals surface area contributed by atoms with Crippen LogP contribution in [0.25, 0.3) is 0 Å². The lowest BCUT2D eigenvalue weighted by molar-refractivity contribution is -0.130. The van der Waals surface area contributed by atoms with Crippen LogP contribution in [0.1, 0.15) is 17.7 Å². The number of carbonyl (C=O) groups excluding carboxylic acids is 1. The van der Waals surface area contributed by atoms with E-state index in [1.807, 2.05) is 30.3 Å². The van der Waals surface area contributed by atoms with Crippen LogP contribution in [0.3, 0.4) is 0 Å². The van der Waals surface area contributed by atoms with E-state index in [-0.39, 0.29) is 5.91 Å². The Bertz CT molecular complexity index is 727. The molecule has 1 N–H and O–H groups in total. The molecule has 1 aromatic heterocycles. The van der Waals surface area contributed by atoms with E-state index in [0.29, 0.717) is 31.0 Å². The van der Waals surface area contributed by atoms with Crippen LogP contribution in [0, 0.1) is 11.3 Å². The summed E-state index contributed by atoms with van der Waals surface area (Å²) >= 11 is 3.49. The Morgan fingerprint density at radius 3 is 2.83 bits per heavy atom. The van der Waals surface area contributed by atoms with Gasteiger partial charge in [-0.2, -0.15) is 5.26 Å². The van der Waals surface area contributed by atoms with Gasteiger partial charge in [-0.3, -0.25) is 4.79 Å². The molecule has 6 heteroatoms. The fraction of sp³-hybridized carbons (Fsp3) is 0.235. The Balaban J connectivity index is 1.82. The van der Waals surface area contributed by atoms with Crippen molar-refractivity contribution in [3.63, 3.8) is 0 Å². The molecular formula is C17H17BrN4O. The van der Waals surface area contributed by atoms with Gasteiger partial charge in [0.1, 0.15) is 17.6 Å². The lowest BCUT2D eigenvalue weighted by Crippen LogP contribution is -2.28. The van der Waals surface area contributed by atoms with Crippen molar-refractivity contribution in [3.8, 4) is 6.07 Å². The molecule has 1 heterocycles. The monoisotopic (exact) mass is 372 g/mol. The quantitative estimate of drug-likeness (QED) is 0.845. The van der Waals surface area contributed by atoms with Crippen molar-refractivity contribution in [2.75, 3.05) is 18.9 Å². The number of carbonyl (C=O) groups is 1. The van der Waals surface area contributed by atoms with Gasteiger partial charge in [-0.1, -0.05) is 40.2 Å². The van der Waals surface area contributed by atoms with Crippen molar-refractivity contribution < 1.29 is 4.79 Å². The Labute approximate surface area is 144 Å². The van der Waals surface area contributed by atoms with Gasteiger partial charge in [-0.05, 0) is 23.8 Å². The third-order valence-corrected chi connectivity index (χ3v) is 4.07. The lowest BCUT2D eigenvalue weighted by atomic mass is 10.2. The lowest BCUT2D eigenvalue weighted by Gasteiger charge is -2.18. The fourth-order valence-corrected chi connectivity index (χ4v) is 2.46. The third-order valence-electron chi connectivity index (χ3n) is 3.30. The normalized spacial score (nSPS) is 9.96. The van der Waals surface area contributed by atoms with Gasteiger partial charge in [0, 0.05) is 31.0 Å². The molecule has 0 radical (unpaired) electrons. The number of anilines is 1. The van der Waals surface area contributed by atoms with Crippen LogP contribution in [0.5, 0.6) is 0 Å². The molecule has 0 spiro atoms. The van der Waals surface area contributed by atoms with Crippen LogP contribution in [0.4, 0.5) is 5.82 Å². The number of rotatable bonds is 6. The molecule has 118 valence electrons. The summed E-state index contributed by atoms with van der Waals surface area (Å²) in [6, 6.07) is 15.0. The van der Waals surface area contributed by atoms with E-state index in [1.54, 1.807) is 30.1 Å². The number of nitriles is 1. The molecule has 1 amide bonds. The van der Waals surface area contributed by atoms with Crippen LogP contribution in [-0.2, 0) is 11.3 Å². The zero-order valence-electron chi connectivity index (χ0n) is 12.8. The fourth-order valence-electron chi connectivity index (χ4n) is 2.05. The highest BCUT2D eigenvalue weighted by Gasteiger charge is 2.10. The zero-order chi connectivity index (χ0) is 16.7. The van der Waals surface area contributed by atoms with Gasteiger partial charge in [-0.15, -0.1) is 0 Å². The summed E-state index contributed by atoms with van der Waals surface area (Å²) in [6.07, 6.45) is 0.361. The first-order valence-corrected chi connectivity index (χ1v) is 7.98. The molecule has 23 heavy (non-hydrogen) atoms. The second kappa shape index (κ2) is 8.30. The molecule has 0 aliphatic carbocycles.